The maximum Gasteiger partial charge on any atom is 0.224 e. The topological polar surface area (TPSA) is 61.4 Å². The lowest BCUT2D eigenvalue weighted by atomic mass is 10.1. The van der Waals surface area contributed by atoms with E-state index in [0.717, 1.165) is 32.2 Å². The van der Waals surface area contributed by atoms with Gasteiger partial charge in [0.15, 0.2) is 0 Å². The molecule has 5 nitrogen and oxygen atoms in total. The minimum absolute atomic E-state index is 0. The summed E-state index contributed by atoms with van der Waals surface area (Å²) in [5, 5.41) is 5.97. The highest BCUT2D eigenvalue weighted by Gasteiger charge is 2.24. The van der Waals surface area contributed by atoms with Crippen molar-refractivity contribution in [2.24, 2.45) is 5.92 Å². The molecular weight excluding hydrogens is 278 g/mol. The van der Waals surface area contributed by atoms with E-state index in [4.69, 9.17) is 0 Å². The van der Waals surface area contributed by atoms with Crippen molar-refractivity contribution < 1.29 is 9.59 Å². The van der Waals surface area contributed by atoms with Crippen molar-refractivity contribution in [3.05, 3.63) is 0 Å². The molecule has 2 amide bonds. The third-order valence-corrected chi connectivity index (χ3v) is 3.72. The molecule has 1 saturated carbocycles. The van der Waals surface area contributed by atoms with Crippen molar-refractivity contribution in [3.63, 3.8) is 0 Å². The quantitative estimate of drug-likeness (QED) is 0.742. The lowest BCUT2D eigenvalue weighted by Gasteiger charge is -2.21. The Morgan fingerprint density at radius 1 is 1.30 bits per heavy atom. The van der Waals surface area contributed by atoms with Crippen LogP contribution in [-0.2, 0) is 9.59 Å². The Hall–Kier alpha value is -0.810. The van der Waals surface area contributed by atoms with Gasteiger partial charge < -0.3 is 15.5 Å². The van der Waals surface area contributed by atoms with Gasteiger partial charge in [0.25, 0.3) is 0 Å². The second-order valence-electron chi connectivity index (χ2n) is 5.51. The molecule has 1 unspecified atom stereocenters. The third kappa shape index (κ3) is 6.57. The van der Waals surface area contributed by atoms with E-state index in [0.29, 0.717) is 13.0 Å². The maximum atomic E-state index is 11.9. The van der Waals surface area contributed by atoms with Crippen LogP contribution in [0.25, 0.3) is 0 Å². The summed E-state index contributed by atoms with van der Waals surface area (Å²) in [6, 6.07) is -0.0855. The number of rotatable bonds is 7. The lowest BCUT2D eigenvalue weighted by molar-refractivity contribution is -0.131. The van der Waals surface area contributed by atoms with Crippen LogP contribution in [0.2, 0.25) is 0 Å². The fourth-order valence-corrected chi connectivity index (χ4v) is 2.42. The molecule has 6 heteroatoms. The molecule has 118 valence electrons. The number of hydrogen-bond acceptors (Lipinski definition) is 3. The van der Waals surface area contributed by atoms with E-state index in [2.05, 4.69) is 10.6 Å². The Morgan fingerprint density at radius 3 is 2.45 bits per heavy atom. The van der Waals surface area contributed by atoms with Gasteiger partial charge >= 0.3 is 0 Å². The van der Waals surface area contributed by atoms with Crippen molar-refractivity contribution in [3.8, 4) is 0 Å². The molecule has 0 aromatic heterocycles. The van der Waals surface area contributed by atoms with Gasteiger partial charge in [0.05, 0.1) is 0 Å². The van der Waals surface area contributed by atoms with Crippen LogP contribution in [0.1, 0.15) is 39.0 Å². The second kappa shape index (κ2) is 10.00. The summed E-state index contributed by atoms with van der Waals surface area (Å²) >= 11 is 0. The zero-order valence-corrected chi connectivity index (χ0v) is 13.6. The first-order chi connectivity index (χ1) is 9.04. The Balaban J connectivity index is 0.00000361. The van der Waals surface area contributed by atoms with Gasteiger partial charge in [-0.2, -0.15) is 0 Å². The molecule has 1 rings (SSSR count). The van der Waals surface area contributed by atoms with E-state index < -0.39 is 0 Å². The molecule has 0 heterocycles. The Morgan fingerprint density at radius 2 is 1.90 bits per heavy atom. The predicted molar refractivity (Wildman–Crippen MR) is 83.0 cm³/mol. The number of nitrogens with one attached hydrogen (secondary N) is 2. The molecule has 1 fully saturated rings. The van der Waals surface area contributed by atoms with Crippen molar-refractivity contribution in [1.82, 2.24) is 15.5 Å². The van der Waals surface area contributed by atoms with Crippen LogP contribution in [0, 0.1) is 5.92 Å². The molecule has 2 N–H and O–H groups in total. The number of carbonyl (C=O) groups is 2. The van der Waals surface area contributed by atoms with Crippen LogP contribution in [0.3, 0.4) is 0 Å². The van der Waals surface area contributed by atoms with E-state index >= 15 is 0 Å². The standard InChI is InChI=1S/C14H27N3O2.ClH/c1-11(10-13(18)17(3)9-8-15-2)16-14(19)12-6-4-5-7-12;/h11-12,15H,4-10H2,1-3H3,(H,16,19);1H. The monoisotopic (exact) mass is 305 g/mol. The fourth-order valence-electron chi connectivity index (χ4n) is 2.42. The summed E-state index contributed by atoms with van der Waals surface area (Å²) in [6.07, 6.45) is 4.66. The summed E-state index contributed by atoms with van der Waals surface area (Å²) in [6.45, 7) is 3.38. The molecule has 0 spiro atoms. The van der Waals surface area contributed by atoms with Gasteiger partial charge in [-0.15, -0.1) is 12.4 Å². The molecule has 0 radical (unpaired) electrons. The maximum absolute atomic E-state index is 11.9. The van der Waals surface area contributed by atoms with Gasteiger partial charge in [0.1, 0.15) is 0 Å². The largest absolute Gasteiger partial charge is 0.353 e. The van der Waals surface area contributed by atoms with Gasteiger partial charge in [0.2, 0.25) is 11.8 Å². The van der Waals surface area contributed by atoms with Gasteiger partial charge in [-0.3, -0.25) is 9.59 Å². The van der Waals surface area contributed by atoms with Gasteiger partial charge in [-0.25, -0.2) is 0 Å². The molecule has 0 bridgehead atoms. The average molecular weight is 306 g/mol. The minimum atomic E-state index is -0.0855. The molecule has 20 heavy (non-hydrogen) atoms. The zero-order chi connectivity index (χ0) is 14.3. The van der Waals surface area contributed by atoms with Gasteiger partial charge in [-0.05, 0) is 26.8 Å². The molecular formula is C14H28ClN3O2. The molecule has 1 aliphatic rings. The Labute approximate surface area is 128 Å². The molecule has 0 aromatic rings. The third-order valence-electron chi connectivity index (χ3n) is 3.72. The Bertz CT molecular complexity index is 307. The van der Waals surface area contributed by atoms with E-state index in [9.17, 15) is 9.59 Å². The summed E-state index contributed by atoms with van der Waals surface area (Å²) in [5.41, 5.74) is 0. The predicted octanol–water partition coefficient (Wildman–Crippen LogP) is 1.17. The summed E-state index contributed by atoms with van der Waals surface area (Å²) in [5.74, 6) is 0.365. The molecule has 0 saturated heterocycles. The molecule has 0 aromatic carbocycles. The van der Waals surface area contributed by atoms with Crippen LogP contribution in [-0.4, -0.2) is 49.9 Å². The second-order valence-corrected chi connectivity index (χ2v) is 5.51. The number of amides is 2. The number of likely N-dealkylation sites (N-methyl/N-ethyl adjacent to an activating group) is 2. The first kappa shape index (κ1) is 19.2. The van der Waals surface area contributed by atoms with Crippen LogP contribution in [0.5, 0.6) is 0 Å². The number of nitrogens with zero attached hydrogens (tertiary/aromatic N) is 1. The lowest BCUT2D eigenvalue weighted by Crippen LogP contribution is -2.41. The minimum Gasteiger partial charge on any atom is -0.353 e. The number of hydrogen-bond donors (Lipinski definition) is 2. The fraction of sp³-hybridized carbons (Fsp3) is 0.857. The highest BCUT2D eigenvalue weighted by Crippen LogP contribution is 2.24. The normalized spacial score (nSPS) is 16.4. The molecule has 1 atom stereocenters. The van der Waals surface area contributed by atoms with Crippen molar-refractivity contribution in [2.45, 2.75) is 45.1 Å². The summed E-state index contributed by atoms with van der Waals surface area (Å²) in [4.78, 5) is 25.5. The summed E-state index contributed by atoms with van der Waals surface area (Å²) in [7, 11) is 3.66. The average Bonchev–Trinajstić information content (AvgIpc) is 2.89. The van der Waals surface area contributed by atoms with Crippen molar-refractivity contribution in [1.29, 1.82) is 0 Å². The van der Waals surface area contributed by atoms with Gasteiger partial charge in [0, 0.05) is 38.5 Å². The number of carbonyl (C=O) groups excluding carboxylic acids is 2. The van der Waals surface area contributed by atoms with Crippen LogP contribution in [0.4, 0.5) is 0 Å². The van der Waals surface area contributed by atoms with E-state index in [1.807, 2.05) is 14.0 Å². The summed E-state index contributed by atoms with van der Waals surface area (Å²) < 4.78 is 0. The van der Waals surface area contributed by atoms with E-state index in [-0.39, 0.29) is 36.2 Å². The highest BCUT2D eigenvalue weighted by atomic mass is 35.5. The van der Waals surface area contributed by atoms with E-state index in [1.165, 1.54) is 0 Å². The molecule has 1 aliphatic carbocycles. The molecule has 0 aliphatic heterocycles. The Kier molecular flexibility index (Phi) is 9.59. The van der Waals surface area contributed by atoms with Crippen molar-refractivity contribution >= 4 is 24.2 Å². The van der Waals surface area contributed by atoms with Crippen molar-refractivity contribution in [2.75, 3.05) is 27.2 Å². The first-order valence-electron chi connectivity index (χ1n) is 7.23. The highest BCUT2D eigenvalue weighted by molar-refractivity contribution is 5.85. The van der Waals surface area contributed by atoms with Crippen LogP contribution in [0.15, 0.2) is 0 Å². The van der Waals surface area contributed by atoms with Crippen LogP contribution >= 0.6 is 12.4 Å². The van der Waals surface area contributed by atoms with E-state index in [1.54, 1.807) is 11.9 Å². The first-order valence-corrected chi connectivity index (χ1v) is 7.23. The number of halogens is 1. The SMILES string of the molecule is CNCCN(C)C(=O)CC(C)NC(=O)C1CCCC1.Cl. The zero-order valence-electron chi connectivity index (χ0n) is 12.8. The van der Waals surface area contributed by atoms with Gasteiger partial charge in [-0.1, -0.05) is 12.8 Å². The van der Waals surface area contributed by atoms with Crippen LogP contribution < -0.4 is 10.6 Å². The smallest absolute Gasteiger partial charge is 0.224 e.